The van der Waals surface area contributed by atoms with E-state index >= 15 is 0 Å². The number of halogens is 1. The van der Waals surface area contributed by atoms with Gasteiger partial charge in [-0.15, -0.1) is 0 Å². The number of nitrogens with zero attached hydrogens (tertiary/aromatic N) is 4. The molecule has 0 spiro atoms. The normalized spacial score (nSPS) is 10.2. The number of nitro groups is 1. The van der Waals surface area contributed by atoms with Crippen LogP contribution < -0.4 is 5.73 Å². The van der Waals surface area contributed by atoms with E-state index in [2.05, 4.69) is 15.0 Å². The first-order chi connectivity index (χ1) is 8.08. The second kappa shape index (κ2) is 4.08. The lowest BCUT2D eigenvalue weighted by Gasteiger charge is -2.02. The first-order valence-electron chi connectivity index (χ1n) is 4.46. The highest BCUT2D eigenvalue weighted by Crippen LogP contribution is 2.27. The predicted octanol–water partition coefficient (Wildman–Crippen LogP) is 1.17. The van der Waals surface area contributed by atoms with Gasteiger partial charge in [-0.25, -0.2) is 14.4 Å². The zero-order valence-electron chi connectivity index (χ0n) is 8.37. The lowest BCUT2D eigenvalue weighted by atomic mass is 10.2. The van der Waals surface area contributed by atoms with Gasteiger partial charge in [0.15, 0.2) is 5.69 Å². The van der Waals surface area contributed by atoms with Gasteiger partial charge in [0.1, 0.15) is 12.0 Å². The van der Waals surface area contributed by atoms with Crippen LogP contribution in [0.15, 0.2) is 24.7 Å². The minimum atomic E-state index is -0.667. The molecule has 0 bridgehead atoms. The van der Waals surface area contributed by atoms with E-state index in [1.807, 2.05) is 0 Å². The number of nitrogen functional groups attached to an aromatic ring is 1. The predicted molar refractivity (Wildman–Crippen MR) is 56.3 cm³/mol. The van der Waals surface area contributed by atoms with Crippen LogP contribution in [-0.4, -0.2) is 19.9 Å². The second-order valence-corrected chi connectivity index (χ2v) is 3.11. The summed E-state index contributed by atoms with van der Waals surface area (Å²) in [4.78, 5) is 20.9. The molecular weight excluding hydrogens is 229 g/mol. The van der Waals surface area contributed by atoms with Crippen molar-refractivity contribution in [3.8, 4) is 11.3 Å². The van der Waals surface area contributed by atoms with Gasteiger partial charge in [-0.3, -0.25) is 15.1 Å². The highest BCUT2D eigenvalue weighted by Gasteiger charge is 2.18. The van der Waals surface area contributed by atoms with Gasteiger partial charge in [-0.2, -0.15) is 0 Å². The molecule has 0 aliphatic carbocycles. The Morgan fingerprint density at radius 1 is 1.35 bits per heavy atom. The molecule has 0 radical (unpaired) electrons. The van der Waals surface area contributed by atoms with Crippen molar-refractivity contribution in [1.82, 2.24) is 15.0 Å². The average molecular weight is 235 g/mol. The van der Waals surface area contributed by atoms with Crippen LogP contribution >= 0.6 is 0 Å². The van der Waals surface area contributed by atoms with E-state index in [0.29, 0.717) is 0 Å². The van der Waals surface area contributed by atoms with E-state index < -0.39 is 10.7 Å². The van der Waals surface area contributed by atoms with Crippen molar-refractivity contribution < 1.29 is 9.31 Å². The van der Waals surface area contributed by atoms with Gasteiger partial charge in [0.2, 0.25) is 5.95 Å². The summed E-state index contributed by atoms with van der Waals surface area (Å²) < 4.78 is 13.0. The molecule has 0 amide bonds. The fourth-order valence-corrected chi connectivity index (χ4v) is 1.28. The topological polar surface area (TPSA) is 108 Å². The van der Waals surface area contributed by atoms with Gasteiger partial charge in [-0.1, -0.05) is 0 Å². The number of hydrogen-bond acceptors (Lipinski definition) is 6. The molecule has 0 aliphatic rings. The van der Waals surface area contributed by atoms with Crippen LogP contribution in [0.4, 0.5) is 16.0 Å². The summed E-state index contributed by atoms with van der Waals surface area (Å²) in [7, 11) is 0. The van der Waals surface area contributed by atoms with Crippen molar-refractivity contribution in [2.75, 3.05) is 5.73 Å². The average Bonchev–Trinajstić information content (AvgIpc) is 2.28. The molecule has 2 aromatic rings. The van der Waals surface area contributed by atoms with E-state index in [1.54, 1.807) is 0 Å². The van der Waals surface area contributed by atoms with Crippen LogP contribution in [0.25, 0.3) is 11.3 Å². The number of rotatable bonds is 2. The number of nitrogens with two attached hydrogens (primary N) is 1. The minimum absolute atomic E-state index is 0.0606. The van der Waals surface area contributed by atoms with E-state index in [0.717, 1.165) is 18.5 Å². The van der Waals surface area contributed by atoms with Crippen molar-refractivity contribution in [3.63, 3.8) is 0 Å². The SMILES string of the molecule is Nc1ncc([N+](=O)[O-])c(-c2cncc(F)c2)n1. The Labute approximate surface area is 94.3 Å². The maximum atomic E-state index is 13.0. The highest BCUT2D eigenvalue weighted by molar-refractivity contribution is 5.68. The molecule has 8 heteroatoms. The van der Waals surface area contributed by atoms with Gasteiger partial charge in [0, 0.05) is 11.8 Å². The number of aromatic nitrogens is 3. The molecule has 0 fully saturated rings. The number of hydrogen-bond donors (Lipinski definition) is 1. The molecule has 86 valence electrons. The molecule has 2 heterocycles. The van der Waals surface area contributed by atoms with Crippen molar-refractivity contribution in [2.24, 2.45) is 0 Å². The Balaban J connectivity index is 2.65. The molecular formula is C9H6FN5O2. The summed E-state index contributed by atoms with van der Waals surface area (Å²) in [5.74, 6) is -0.746. The fourth-order valence-electron chi connectivity index (χ4n) is 1.28. The minimum Gasteiger partial charge on any atom is -0.368 e. The van der Waals surface area contributed by atoms with Gasteiger partial charge >= 0.3 is 5.69 Å². The standard InChI is InChI=1S/C9H6FN5O2/c10-6-1-5(2-12-3-6)8-7(15(16)17)4-13-9(11)14-8/h1-4H,(H2,11,13,14). The fraction of sp³-hybridized carbons (Fsp3) is 0. The lowest BCUT2D eigenvalue weighted by Crippen LogP contribution is -2.01. The lowest BCUT2D eigenvalue weighted by molar-refractivity contribution is -0.384. The Morgan fingerprint density at radius 3 is 2.76 bits per heavy atom. The molecule has 2 aromatic heterocycles. The maximum absolute atomic E-state index is 13.0. The molecule has 2 rings (SSSR count). The van der Waals surface area contributed by atoms with Crippen LogP contribution in [0.1, 0.15) is 0 Å². The van der Waals surface area contributed by atoms with E-state index in [-0.39, 0.29) is 22.9 Å². The van der Waals surface area contributed by atoms with Crippen LogP contribution in [0, 0.1) is 15.9 Å². The highest BCUT2D eigenvalue weighted by atomic mass is 19.1. The Morgan fingerprint density at radius 2 is 2.12 bits per heavy atom. The quantitative estimate of drug-likeness (QED) is 0.618. The number of pyridine rings is 1. The molecule has 7 nitrogen and oxygen atoms in total. The first-order valence-corrected chi connectivity index (χ1v) is 4.46. The van der Waals surface area contributed by atoms with Crippen molar-refractivity contribution in [3.05, 3.63) is 40.6 Å². The van der Waals surface area contributed by atoms with E-state index in [4.69, 9.17) is 5.73 Å². The summed E-state index contributed by atoms with van der Waals surface area (Å²) in [6.45, 7) is 0. The zero-order valence-corrected chi connectivity index (χ0v) is 8.37. The van der Waals surface area contributed by atoms with Crippen molar-refractivity contribution >= 4 is 11.6 Å². The molecule has 0 saturated heterocycles. The Hall–Kier alpha value is -2.64. The maximum Gasteiger partial charge on any atom is 0.313 e. The molecule has 2 N–H and O–H groups in total. The third kappa shape index (κ3) is 2.14. The van der Waals surface area contributed by atoms with Crippen LogP contribution in [-0.2, 0) is 0 Å². The van der Waals surface area contributed by atoms with Crippen molar-refractivity contribution in [1.29, 1.82) is 0 Å². The largest absolute Gasteiger partial charge is 0.368 e. The first kappa shape index (κ1) is 10.9. The molecule has 17 heavy (non-hydrogen) atoms. The molecule has 0 aromatic carbocycles. The van der Waals surface area contributed by atoms with Gasteiger partial charge in [0.05, 0.1) is 11.1 Å². The molecule has 0 saturated carbocycles. The van der Waals surface area contributed by atoms with Crippen LogP contribution in [0.3, 0.4) is 0 Å². The molecule has 0 atom stereocenters. The summed E-state index contributed by atoms with van der Waals surface area (Å²) in [6.07, 6.45) is 3.22. The van der Waals surface area contributed by atoms with Gasteiger partial charge < -0.3 is 5.73 Å². The second-order valence-electron chi connectivity index (χ2n) is 3.11. The van der Waals surface area contributed by atoms with Gasteiger partial charge in [0.25, 0.3) is 0 Å². The van der Waals surface area contributed by atoms with Gasteiger partial charge in [-0.05, 0) is 6.07 Å². The third-order valence-corrected chi connectivity index (χ3v) is 1.96. The smallest absolute Gasteiger partial charge is 0.313 e. The summed E-state index contributed by atoms with van der Waals surface area (Å²) in [5.41, 5.74) is 5.10. The van der Waals surface area contributed by atoms with Crippen LogP contribution in [0.2, 0.25) is 0 Å². The Bertz CT molecular complexity index is 589. The summed E-state index contributed by atoms with van der Waals surface area (Å²) in [6, 6.07) is 1.09. The molecule has 0 unspecified atom stereocenters. The zero-order chi connectivity index (χ0) is 12.4. The third-order valence-electron chi connectivity index (χ3n) is 1.96. The monoisotopic (exact) mass is 235 g/mol. The number of anilines is 1. The Kier molecular flexibility index (Phi) is 2.61. The summed E-state index contributed by atoms with van der Waals surface area (Å²) >= 11 is 0. The summed E-state index contributed by atoms with van der Waals surface area (Å²) in [5, 5.41) is 10.8. The van der Waals surface area contributed by atoms with Crippen LogP contribution in [0.5, 0.6) is 0 Å². The van der Waals surface area contributed by atoms with E-state index in [9.17, 15) is 14.5 Å². The van der Waals surface area contributed by atoms with E-state index in [1.165, 1.54) is 6.20 Å². The molecule has 0 aliphatic heterocycles. The van der Waals surface area contributed by atoms with Crippen molar-refractivity contribution in [2.45, 2.75) is 0 Å².